The summed E-state index contributed by atoms with van der Waals surface area (Å²) in [5.74, 6) is 0.911. The van der Waals surface area contributed by atoms with Crippen LogP contribution in [0.2, 0.25) is 10.0 Å². The molecule has 30 heavy (non-hydrogen) atoms. The third kappa shape index (κ3) is 3.31. The highest BCUT2D eigenvalue weighted by Gasteiger charge is 2.38. The van der Waals surface area contributed by atoms with Gasteiger partial charge in [-0.1, -0.05) is 28.4 Å². The lowest BCUT2D eigenvalue weighted by molar-refractivity contribution is -0.136. The number of aryl methyl sites for hydroxylation is 1. The Hall–Kier alpha value is -2.65. The van der Waals surface area contributed by atoms with E-state index in [4.69, 9.17) is 23.2 Å². The van der Waals surface area contributed by atoms with Crippen LogP contribution in [0.4, 0.5) is 11.5 Å². The van der Waals surface area contributed by atoms with Gasteiger partial charge in [-0.2, -0.15) is 0 Å². The number of halogens is 2. The first kappa shape index (κ1) is 19.3. The number of carbonyl (C=O) groups is 1. The van der Waals surface area contributed by atoms with E-state index in [1.165, 1.54) is 6.33 Å². The molecule has 0 radical (unpaired) electrons. The second-order valence-electron chi connectivity index (χ2n) is 7.60. The fourth-order valence-corrected chi connectivity index (χ4v) is 4.30. The first-order valence-electron chi connectivity index (χ1n) is 9.75. The summed E-state index contributed by atoms with van der Waals surface area (Å²) < 4.78 is 1.62. The number of hydrogen-bond acceptors (Lipinski definition) is 7. The molecule has 2 saturated heterocycles. The van der Waals surface area contributed by atoms with Crippen LogP contribution in [-0.2, 0) is 11.8 Å². The lowest BCUT2D eigenvalue weighted by Gasteiger charge is -2.43. The van der Waals surface area contributed by atoms with Gasteiger partial charge in [-0.05, 0) is 18.2 Å². The molecular formula is C19H20Cl2N8O. The molecule has 5 rings (SSSR count). The van der Waals surface area contributed by atoms with Crippen LogP contribution in [0.25, 0.3) is 11.2 Å². The smallest absolute Gasteiger partial charge is 0.229 e. The molecule has 0 aliphatic carbocycles. The van der Waals surface area contributed by atoms with Crippen LogP contribution in [0, 0.1) is 5.92 Å². The van der Waals surface area contributed by atoms with E-state index >= 15 is 0 Å². The van der Waals surface area contributed by atoms with Crippen molar-refractivity contribution in [2.45, 2.75) is 0 Å². The second-order valence-corrected chi connectivity index (χ2v) is 8.41. The Kier molecular flexibility index (Phi) is 4.86. The predicted octanol–water partition coefficient (Wildman–Crippen LogP) is 1.85. The summed E-state index contributed by atoms with van der Waals surface area (Å²) in [5, 5.41) is 9.26. The lowest BCUT2D eigenvalue weighted by atomic mass is 9.98. The first-order valence-corrected chi connectivity index (χ1v) is 10.5. The number of amides is 1. The second kappa shape index (κ2) is 7.55. The molecule has 0 saturated carbocycles. The number of rotatable bonds is 3. The van der Waals surface area contributed by atoms with Crippen LogP contribution in [0.3, 0.4) is 0 Å². The zero-order valence-electron chi connectivity index (χ0n) is 16.4. The zero-order chi connectivity index (χ0) is 20.8. The van der Waals surface area contributed by atoms with Gasteiger partial charge in [-0.25, -0.2) is 14.6 Å². The van der Waals surface area contributed by atoms with Gasteiger partial charge in [0.25, 0.3) is 0 Å². The number of hydrogen-bond donors (Lipinski definition) is 0. The van der Waals surface area contributed by atoms with Crippen LogP contribution < -0.4 is 9.80 Å². The normalized spacial score (nSPS) is 17.5. The molecule has 0 unspecified atom stereocenters. The van der Waals surface area contributed by atoms with Crippen LogP contribution in [0.1, 0.15) is 0 Å². The van der Waals surface area contributed by atoms with Gasteiger partial charge >= 0.3 is 0 Å². The summed E-state index contributed by atoms with van der Waals surface area (Å²) in [4.78, 5) is 27.8. The molecular weight excluding hydrogens is 427 g/mol. The molecule has 2 fully saturated rings. The highest BCUT2D eigenvalue weighted by Crippen LogP contribution is 2.30. The maximum absolute atomic E-state index is 12.9. The van der Waals surface area contributed by atoms with E-state index in [1.54, 1.807) is 17.8 Å². The monoisotopic (exact) mass is 446 g/mol. The minimum atomic E-state index is -0.0248. The zero-order valence-corrected chi connectivity index (χ0v) is 17.9. The summed E-state index contributed by atoms with van der Waals surface area (Å²) in [6.45, 7) is 4.19. The summed E-state index contributed by atoms with van der Waals surface area (Å²) in [6.07, 6.45) is 1.51. The quantitative estimate of drug-likeness (QED) is 0.606. The van der Waals surface area contributed by atoms with Crippen molar-refractivity contribution >= 4 is 51.8 Å². The van der Waals surface area contributed by atoms with Gasteiger partial charge in [-0.15, -0.1) is 5.10 Å². The topological polar surface area (TPSA) is 83.3 Å². The molecule has 2 aromatic heterocycles. The number of benzene rings is 1. The number of piperazine rings is 1. The number of carbonyl (C=O) groups excluding carboxylic acids is 1. The van der Waals surface area contributed by atoms with E-state index in [2.05, 4.69) is 30.1 Å². The van der Waals surface area contributed by atoms with Crippen LogP contribution >= 0.6 is 23.2 Å². The Balaban J connectivity index is 1.19. The largest absolute Gasteiger partial charge is 0.368 e. The third-order valence-electron chi connectivity index (χ3n) is 5.76. The van der Waals surface area contributed by atoms with Crippen molar-refractivity contribution in [2.24, 2.45) is 13.0 Å². The maximum atomic E-state index is 12.9. The molecule has 1 aromatic carbocycles. The van der Waals surface area contributed by atoms with Gasteiger partial charge in [-0.3, -0.25) is 4.79 Å². The van der Waals surface area contributed by atoms with Crippen molar-refractivity contribution in [3.8, 4) is 0 Å². The van der Waals surface area contributed by atoms with E-state index in [0.717, 1.165) is 24.6 Å². The fraction of sp³-hybridized carbons (Fsp3) is 0.421. The SMILES string of the molecule is Cn1nnc2c(N3CC(C(=O)N4CCN(c5ccc(Cl)c(Cl)c5)CC4)C3)ncnc21. The average molecular weight is 447 g/mol. The summed E-state index contributed by atoms with van der Waals surface area (Å²) in [5.41, 5.74) is 2.39. The Labute approximate surface area is 183 Å². The van der Waals surface area contributed by atoms with Crippen molar-refractivity contribution in [3.63, 3.8) is 0 Å². The van der Waals surface area contributed by atoms with Crippen LogP contribution in [-0.4, -0.2) is 75.0 Å². The highest BCUT2D eigenvalue weighted by molar-refractivity contribution is 6.42. The average Bonchev–Trinajstić information content (AvgIpc) is 3.11. The molecule has 2 aliphatic rings. The van der Waals surface area contributed by atoms with Crippen molar-refractivity contribution < 1.29 is 4.79 Å². The Morgan fingerprint density at radius 2 is 1.80 bits per heavy atom. The van der Waals surface area contributed by atoms with E-state index in [9.17, 15) is 4.79 Å². The van der Waals surface area contributed by atoms with E-state index in [1.807, 2.05) is 17.0 Å². The number of nitrogens with zero attached hydrogens (tertiary/aromatic N) is 8. The Bertz CT molecular complexity index is 1110. The molecule has 0 atom stereocenters. The van der Waals surface area contributed by atoms with Crippen molar-refractivity contribution in [1.29, 1.82) is 0 Å². The van der Waals surface area contributed by atoms with Crippen LogP contribution in [0.15, 0.2) is 24.5 Å². The molecule has 156 valence electrons. The summed E-state index contributed by atoms with van der Waals surface area (Å²) in [6, 6.07) is 5.64. The van der Waals surface area contributed by atoms with Gasteiger partial charge < -0.3 is 14.7 Å². The summed E-state index contributed by atoms with van der Waals surface area (Å²) in [7, 11) is 1.80. The van der Waals surface area contributed by atoms with Gasteiger partial charge in [0.1, 0.15) is 6.33 Å². The fourth-order valence-electron chi connectivity index (χ4n) is 4.01. The molecule has 2 aliphatic heterocycles. The van der Waals surface area contributed by atoms with E-state index in [0.29, 0.717) is 47.4 Å². The lowest BCUT2D eigenvalue weighted by Crippen LogP contribution is -2.58. The Morgan fingerprint density at radius 1 is 1.03 bits per heavy atom. The summed E-state index contributed by atoms with van der Waals surface area (Å²) >= 11 is 12.1. The minimum Gasteiger partial charge on any atom is -0.368 e. The van der Waals surface area contributed by atoms with Crippen molar-refractivity contribution in [1.82, 2.24) is 29.9 Å². The molecule has 4 heterocycles. The van der Waals surface area contributed by atoms with Gasteiger partial charge in [0.05, 0.1) is 16.0 Å². The van der Waals surface area contributed by atoms with Gasteiger partial charge in [0, 0.05) is 52.0 Å². The Morgan fingerprint density at radius 3 is 2.53 bits per heavy atom. The van der Waals surface area contributed by atoms with Gasteiger partial charge in [0.15, 0.2) is 17.0 Å². The molecule has 0 spiro atoms. The molecule has 3 aromatic rings. The van der Waals surface area contributed by atoms with Crippen molar-refractivity contribution in [2.75, 3.05) is 49.1 Å². The molecule has 11 heteroatoms. The van der Waals surface area contributed by atoms with E-state index in [-0.39, 0.29) is 11.8 Å². The minimum absolute atomic E-state index is 0.0248. The maximum Gasteiger partial charge on any atom is 0.229 e. The molecule has 9 nitrogen and oxygen atoms in total. The molecule has 0 bridgehead atoms. The number of aromatic nitrogens is 5. The first-order chi connectivity index (χ1) is 14.5. The van der Waals surface area contributed by atoms with E-state index < -0.39 is 0 Å². The molecule has 0 N–H and O–H groups in total. The van der Waals surface area contributed by atoms with Crippen LogP contribution in [0.5, 0.6) is 0 Å². The van der Waals surface area contributed by atoms with Gasteiger partial charge in [0.2, 0.25) is 5.91 Å². The standard InChI is InChI=1S/C19H20Cl2N8O/c1-26-17-16(24-25-26)18(23-11-22-17)29-9-12(10-29)19(30)28-6-4-27(5-7-28)13-2-3-14(20)15(21)8-13/h2-3,8,11-12H,4-7,9-10H2,1H3. The molecule has 1 amide bonds. The highest BCUT2D eigenvalue weighted by atomic mass is 35.5. The number of fused-ring (bicyclic) bond motifs is 1. The third-order valence-corrected chi connectivity index (χ3v) is 6.50. The van der Waals surface area contributed by atoms with Crippen molar-refractivity contribution in [3.05, 3.63) is 34.6 Å². The predicted molar refractivity (Wildman–Crippen MR) is 115 cm³/mol. The number of anilines is 2.